The fourth-order valence-corrected chi connectivity index (χ4v) is 4.10. The Hall–Kier alpha value is -2.53. The van der Waals surface area contributed by atoms with E-state index in [0.717, 1.165) is 37.4 Å². The van der Waals surface area contributed by atoms with Gasteiger partial charge in [-0.05, 0) is 43.7 Å². The smallest absolute Gasteiger partial charge is 0.379 e. The van der Waals surface area contributed by atoms with Gasteiger partial charge >= 0.3 is 6.18 Å². The summed E-state index contributed by atoms with van der Waals surface area (Å²) in [5.41, 5.74) is -4.09. The summed E-state index contributed by atoms with van der Waals surface area (Å²) in [7, 11) is -4.19. The van der Waals surface area contributed by atoms with Crippen molar-refractivity contribution in [1.29, 1.82) is 0 Å². The fraction of sp³-hybridized carbons (Fsp3) is 0.333. The SMILES string of the molecule is CCc1ncc(NC(=O)[C@@](C)(O)CS(=O)(=O)c2ccc(F)cc2)cc1C(F)(F)F. The van der Waals surface area contributed by atoms with Crippen molar-refractivity contribution in [3.05, 3.63) is 53.6 Å². The molecule has 6 nitrogen and oxygen atoms in total. The van der Waals surface area contributed by atoms with Gasteiger partial charge in [0, 0.05) is 0 Å². The lowest BCUT2D eigenvalue weighted by Crippen LogP contribution is -2.45. The summed E-state index contributed by atoms with van der Waals surface area (Å²) in [5, 5.41) is 12.4. The molecule has 1 atom stereocenters. The van der Waals surface area contributed by atoms with Gasteiger partial charge in [0.1, 0.15) is 5.82 Å². The molecule has 0 saturated heterocycles. The molecule has 1 amide bonds. The molecule has 0 saturated carbocycles. The first-order valence-electron chi connectivity index (χ1n) is 8.34. The number of aliphatic hydroxyl groups is 1. The number of hydrogen-bond acceptors (Lipinski definition) is 5. The molecule has 0 spiro atoms. The van der Waals surface area contributed by atoms with Crippen molar-refractivity contribution in [3.63, 3.8) is 0 Å². The summed E-state index contributed by atoms with van der Waals surface area (Å²) in [6.07, 6.45) is -3.71. The molecule has 11 heteroatoms. The molecule has 1 aromatic carbocycles. The van der Waals surface area contributed by atoms with Gasteiger partial charge in [0.05, 0.1) is 33.8 Å². The van der Waals surface area contributed by atoms with Gasteiger partial charge in [-0.15, -0.1) is 0 Å². The lowest BCUT2D eigenvalue weighted by molar-refractivity contribution is -0.138. The zero-order chi connectivity index (χ0) is 22.0. The van der Waals surface area contributed by atoms with E-state index in [2.05, 4.69) is 10.3 Å². The summed E-state index contributed by atoms with van der Waals surface area (Å²) in [6.45, 7) is 2.39. The highest BCUT2D eigenvalue weighted by atomic mass is 32.2. The van der Waals surface area contributed by atoms with Crippen LogP contribution in [0.5, 0.6) is 0 Å². The summed E-state index contributed by atoms with van der Waals surface area (Å²) < 4.78 is 77.0. The molecular weight excluding hydrogens is 416 g/mol. The Morgan fingerprint density at radius 2 is 1.79 bits per heavy atom. The van der Waals surface area contributed by atoms with Gasteiger partial charge in [0.15, 0.2) is 15.4 Å². The van der Waals surface area contributed by atoms with Crippen molar-refractivity contribution >= 4 is 21.4 Å². The third-order valence-electron chi connectivity index (χ3n) is 4.00. The lowest BCUT2D eigenvalue weighted by Gasteiger charge is -2.22. The number of amides is 1. The van der Waals surface area contributed by atoms with Crippen LogP contribution in [0.15, 0.2) is 41.4 Å². The van der Waals surface area contributed by atoms with Crippen LogP contribution in [-0.2, 0) is 27.2 Å². The minimum absolute atomic E-state index is 0.0106. The quantitative estimate of drug-likeness (QED) is 0.538. The normalized spacial score (nSPS) is 14.3. The Morgan fingerprint density at radius 1 is 1.21 bits per heavy atom. The summed E-state index contributed by atoms with van der Waals surface area (Å²) in [5.74, 6) is -2.97. The molecule has 0 aliphatic carbocycles. The molecule has 1 heterocycles. The molecule has 0 aliphatic rings. The van der Waals surface area contributed by atoms with Crippen molar-refractivity contribution < 1.29 is 35.9 Å². The van der Waals surface area contributed by atoms with E-state index in [4.69, 9.17) is 0 Å². The Bertz CT molecular complexity index is 1000. The lowest BCUT2D eigenvalue weighted by atomic mass is 10.1. The summed E-state index contributed by atoms with van der Waals surface area (Å²) in [6, 6.07) is 4.42. The number of aromatic nitrogens is 1. The zero-order valence-electron chi connectivity index (χ0n) is 15.4. The number of sulfone groups is 1. The molecule has 2 aromatic rings. The second-order valence-corrected chi connectivity index (χ2v) is 8.50. The van der Waals surface area contributed by atoms with E-state index in [9.17, 15) is 35.9 Å². The molecule has 0 radical (unpaired) electrons. The minimum atomic E-state index is -4.70. The van der Waals surface area contributed by atoms with Crippen molar-refractivity contribution in [1.82, 2.24) is 4.98 Å². The highest BCUT2D eigenvalue weighted by molar-refractivity contribution is 7.91. The van der Waals surface area contributed by atoms with E-state index in [0.29, 0.717) is 6.07 Å². The minimum Gasteiger partial charge on any atom is -0.379 e. The van der Waals surface area contributed by atoms with Crippen molar-refractivity contribution in [3.8, 4) is 0 Å². The van der Waals surface area contributed by atoms with Gasteiger partial charge in [-0.1, -0.05) is 6.92 Å². The van der Waals surface area contributed by atoms with Crippen LogP contribution < -0.4 is 5.32 Å². The molecule has 0 fully saturated rings. The molecule has 0 aliphatic heterocycles. The number of aryl methyl sites for hydroxylation is 1. The average molecular weight is 434 g/mol. The van der Waals surface area contributed by atoms with E-state index in [1.54, 1.807) is 0 Å². The second kappa shape index (κ2) is 8.07. The number of halogens is 4. The predicted molar refractivity (Wildman–Crippen MR) is 96.3 cm³/mol. The number of carbonyl (C=O) groups excluding carboxylic acids is 1. The van der Waals surface area contributed by atoms with Crippen LogP contribution in [0.4, 0.5) is 23.2 Å². The molecule has 2 N–H and O–H groups in total. The zero-order valence-corrected chi connectivity index (χ0v) is 16.2. The van der Waals surface area contributed by atoms with Gasteiger partial charge < -0.3 is 10.4 Å². The van der Waals surface area contributed by atoms with Gasteiger partial charge in [-0.3, -0.25) is 9.78 Å². The number of nitrogens with one attached hydrogen (secondary N) is 1. The number of nitrogens with zero attached hydrogens (tertiary/aromatic N) is 1. The number of pyridine rings is 1. The van der Waals surface area contributed by atoms with Gasteiger partial charge in [-0.2, -0.15) is 13.2 Å². The first-order chi connectivity index (χ1) is 13.3. The van der Waals surface area contributed by atoms with Crippen LogP contribution in [-0.4, -0.2) is 35.8 Å². The Balaban J connectivity index is 2.24. The number of rotatable bonds is 6. The molecule has 1 aromatic heterocycles. The molecule has 0 unspecified atom stereocenters. The topological polar surface area (TPSA) is 96.4 Å². The van der Waals surface area contributed by atoms with E-state index >= 15 is 0 Å². The Kier molecular flexibility index (Phi) is 6.33. The highest BCUT2D eigenvalue weighted by Gasteiger charge is 2.38. The molecular formula is C18H18F4N2O4S. The van der Waals surface area contributed by atoms with Crippen LogP contribution in [0, 0.1) is 5.82 Å². The van der Waals surface area contributed by atoms with Crippen molar-refractivity contribution in [2.45, 2.75) is 36.9 Å². The molecule has 158 valence electrons. The van der Waals surface area contributed by atoms with E-state index in [1.165, 1.54) is 6.92 Å². The third kappa shape index (κ3) is 5.51. The Morgan fingerprint density at radius 3 is 2.31 bits per heavy atom. The highest BCUT2D eigenvalue weighted by Crippen LogP contribution is 2.33. The maximum Gasteiger partial charge on any atom is 0.418 e. The molecule has 29 heavy (non-hydrogen) atoms. The first-order valence-corrected chi connectivity index (χ1v) is 10.00. The average Bonchev–Trinajstić information content (AvgIpc) is 2.60. The van der Waals surface area contributed by atoms with Crippen molar-refractivity contribution in [2.75, 3.05) is 11.1 Å². The van der Waals surface area contributed by atoms with E-state index < -0.39 is 44.7 Å². The van der Waals surface area contributed by atoms with E-state index in [1.807, 2.05) is 0 Å². The number of carbonyl (C=O) groups is 1. The van der Waals surface area contributed by atoms with Crippen LogP contribution in [0.3, 0.4) is 0 Å². The van der Waals surface area contributed by atoms with Gasteiger partial charge in [0.2, 0.25) is 0 Å². The fourth-order valence-electron chi connectivity index (χ4n) is 2.52. The third-order valence-corrected chi connectivity index (χ3v) is 5.93. The Labute approximate surface area is 164 Å². The largest absolute Gasteiger partial charge is 0.418 e. The van der Waals surface area contributed by atoms with Gasteiger partial charge in [-0.25, -0.2) is 12.8 Å². The molecule has 0 bridgehead atoms. The monoisotopic (exact) mass is 434 g/mol. The van der Waals surface area contributed by atoms with Crippen LogP contribution in [0.2, 0.25) is 0 Å². The van der Waals surface area contributed by atoms with Crippen LogP contribution in [0.1, 0.15) is 25.1 Å². The van der Waals surface area contributed by atoms with E-state index in [-0.39, 0.29) is 22.7 Å². The standard InChI is InChI=1S/C18H18F4N2O4S/c1-3-15-14(18(20,21)22)8-12(9-23-15)24-16(25)17(2,26)10-29(27,28)13-6-4-11(19)5-7-13/h4-9,26H,3,10H2,1-2H3,(H,24,25)/t17-/m0/s1. The second-order valence-electron chi connectivity index (χ2n) is 6.51. The molecule has 2 rings (SSSR count). The number of alkyl halides is 3. The first kappa shape index (κ1) is 22.8. The summed E-state index contributed by atoms with van der Waals surface area (Å²) in [4.78, 5) is 15.7. The summed E-state index contributed by atoms with van der Waals surface area (Å²) >= 11 is 0. The number of hydrogen-bond donors (Lipinski definition) is 2. The maximum atomic E-state index is 13.1. The van der Waals surface area contributed by atoms with Crippen LogP contribution in [0.25, 0.3) is 0 Å². The predicted octanol–water partition coefficient (Wildman–Crippen LogP) is 2.97. The van der Waals surface area contributed by atoms with Crippen LogP contribution >= 0.6 is 0 Å². The van der Waals surface area contributed by atoms with Crippen molar-refractivity contribution in [2.24, 2.45) is 0 Å². The van der Waals surface area contributed by atoms with Gasteiger partial charge in [0.25, 0.3) is 5.91 Å². The number of anilines is 1. The number of benzene rings is 1. The maximum absolute atomic E-state index is 13.1.